The summed E-state index contributed by atoms with van der Waals surface area (Å²) in [4.78, 5) is 27.3. The fourth-order valence-corrected chi connectivity index (χ4v) is 1.87. The number of carbonyl (C=O) groups is 2. The summed E-state index contributed by atoms with van der Waals surface area (Å²) in [5.41, 5.74) is 0.195. The van der Waals surface area contributed by atoms with Crippen LogP contribution in [0.3, 0.4) is 0 Å². The Labute approximate surface area is 138 Å². The zero-order chi connectivity index (χ0) is 17.6. The molecule has 0 saturated heterocycles. The number of methoxy groups -OCH3 is 1. The van der Waals surface area contributed by atoms with Gasteiger partial charge in [0.2, 0.25) is 5.91 Å². The first kappa shape index (κ1) is 18.8. The number of benzene rings is 1. The molecule has 6 heteroatoms. The monoisotopic (exact) mass is 322 g/mol. The highest BCUT2D eigenvalue weighted by atomic mass is 16.6. The van der Waals surface area contributed by atoms with E-state index in [0.29, 0.717) is 5.75 Å². The molecule has 0 atom stereocenters. The predicted octanol–water partition coefficient (Wildman–Crippen LogP) is 1.93. The summed E-state index contributed by atoms with van der Waals surface area (Å²) in [5.74, 6) is 0.245. The van der Waals surface area contributed by atoms with Gasteiger partial charge in [-0.3, -0.25) is 9.59 Å². The fourth-order valence-electron chi connectivity index (χ4n) is 1.87. The molecule has 6 nitrogen and oxygen atoms in total. The van der Waals surface area contributed by atoms with E-state index in [0.717, 1.165) is 5.69 Å². The summed E-state index contributed by atoms with van der Waals surface area (Å²) in [5, 5.41) is 0. The Kier molecular flexibility index (Phi) is 6.42. The van der Waals surface area contributed by atoms with Gasteiger partial charge in [-0.25, -0.2) is 0 Å². The first-order chi connectivity index (χ1) is 10.6. The molecule has 0 heterocycles. The number of rotatable bonds is 6. The molecule has 1 rings (SSSR count). The number of anilines is 1. The van der Waals surface area contributed by atoms with E-state index in [4.69, 9.17) is 9.47 Å². The molecule has 0 aliphatic heterocycles. The first-order valence-corrected chi connectivity index (χ1v) is 7.43. The van der Waals surface area contributed by atoms with Crippen LogP contribution in [-0.2, 0) is 14.3 Å². The van der Waals surface area contributed by atoms with Gasteiger partial charge < -0.3 is 19.3 Å². The van der Waals surface area contributed by atoms with Gasteiger partial charge in [-0.05, 0) is 45.0 Å². The SMILES string of the molecule is COc1ccc(N(CC(=O)OC(C)(C)C)CC(=O)N(C)C)cc1. The van der Waals surface area contributed by atoms with E-state index in [1.807, 2.05) is 32.9 Å². The van der Waals surface area contributed by atoms with Crippen molar-refractivity contribution in [2.24, 2.45) is 0 Å². The highest BCUT2D eigenvalue weighted by Crippen LogP contribution is 2.20. The Morgan fingerprint density at radius 2 is 1.61 bits per heavy atom. The molecule has 0 bridgehead atoms. The van der Waals surface area contributed by atoms with Crippen molar-refractivity contribution in [2.45, 2.75) is 26.4 Å². The van der Waals surface area contributed by atoms with Gasteiger partial charge in [0.05, 0.1) is 13.7 Å². The number of nitrogens with zero attached hydrogens (tertiary/aromatic N) is 2. The normalized spacial score (nSPS) is 10.9. The molecular formula is C17H26N2O4. The average Bonchev–Trinajstić information content (AvgIpc) is 2.44. The third-order valence-electron chi connectivity index (χ3n) is 3.00. The van der Waals surface area contributed by atoms with Crippen molar-refractivity contribution in [3.05, 3.63) is 24.3 Å². The van der Waals surface area contributed by atoms with E-state index in [-0.39, 0.29) is 25.0 Å². The van der Waals surface area contributed by atoms with Gasteiger partial charge in [0.15, 0.2) is 0 Å². The molecule has 0 fully saturated rings. The molecule has 128 valence electrons. The minimum Gasteiger partial charge on any atom is -0.497 e. The molecule has 0 aliphatic rings. The predicted molar refractivity (Wildman–Crippen MR) is 89.7 cm³/mol. The lowest BCUT2D eigenvalue weighted by molar-refractivity contribution is -0.153. The van der Waals surface area contributed by atoms with E-state index < -0.39 is 5.60 Å². The van der Waals surface area contributed by atoms with Crippen molar-refractivity contribution in [1.82, 2.24) is 4.90 Å². The maximum absolute atomic E-state index is 12.1. The van der Waals surface area contributed by atoms with Crippen molar-refractivity contribution in [3.63, 3.8) is 0 Å². The smallest absolute Gasteiger partial charge is 0.326 e. The van der Waals surface area contributed by atoms with Crippen LogP contribution in [0.4, 0.5) is 5.69 Å². The Morgan fingerprint density at radius 3 is 2.04 bits per heavy atom. The van der Waals surface area contributed by atoms with Crippen molar-refractivity contribution in [3.8, 4) is 5.75 Å². The van der Waals surface area contributed by atoms with Crippen molar-refractivity contribution in [1.29, 1.82) is 0 Å². The second-order valence-electron chi connectivity index (χ2n) is 6.43. The molecule has 0 unspecified atom stereocenters. The lowest BCUT2D eigenvalue weighted by Crippen LogP contribution is -2.41. The molecule has 0 saturated carbocycles. The maximum Gasteiger partial charge on any atom is 0.326 e. The summed E-state index contributed by atoms with van der Waals surface area (Å²) in [6.45, 7) is 5.54. The molecule has 23 heavy (non-hydrogen) atoms. The van der Waals surface area contributed by atoms with Crippen LogP contribution in [0.2, 0.25) is 0 Å². The van der Waals surface area contributed by atoms with Gasteiger partial charge in [-0.15, -0.1) is 0 Å². The molecule has 0 spiro atoms. The quantitative estimate of drug-likeness (QED) is 0.749. The largest absolute Gasteiger partial charge is 0.497 e. The van der Waals surface area contributed by atoms with E-state index >= 15 is 0 Å². The second kappa shape index (κ2) is 7.85. The number of hydrogen-bond acceptors (Lipinski definition) is 5. The van der Waals surface area contributed by atoms with Crippen LogP contribution in [0.5, 0.6) is 5.75 Å². The number of amides is 1. The van der Waals surface area contributed by atoms with Crippen LogP contribution in [0.1, 0.15) is 20.8 Å². The second-order valence-corrected chi connectivity index (χ2v) is 6.43. The molecular weight excluding hydrogens is 296 g/mol. The van der Waals surface area contributed by atoms with Gasteiger partial charge in [0, 0.05) is 19.8 Å². The van der Waals surface area contributed by atoms with Crippen LogP contribution >= 0.6 is 0 Å². The standard InChI is InChI=1S/C17H26N2O4/c1-17(2,3)23-16(21)12-19(11-15(20)18(4)5)13-7-9-14(22-6)10-8-13/h7-10H,11-12H2,1-6H3. The van der Waals surface area contributed by atoms with Crippen molar-refractivity contribution >= 4 is 17.6 Å². The fraction of sp³-hybridized carbons (Fsp3) is 0.529. The summed E-state index contributed by atoms with van der Waals surface area (Å²) in [6.07, 6.45) is 0. The molecule has 0 aromatic heterocycles. The molecule has 1 amide bonds. The van der Waals surface area contributed by atoms with E-state index in [9.17, 15) is 9.59 Å². The molecule has 1 aromatic carbocycles. The first-order valence-electron chi connectivity index (χ1n) is 7.43. The third kappa shape index (κ3) is 6.59. The van der Waals surface area contributed by atoms with Crippen LogP contribution in [0.25, 0.3) is 0 Å². The minimum atomic E-state index is -0.561. The number of hydrogen-bond donors (Lipinski definition) is 0. The molecule has 0 N–H and O–H groups in total. The lowest BCUT2D eigenvalue weighted by atomic mass is 10.2. The molecule has 0 aliphatic carbocycles. The van der Waals surface area contributed by atoms with E-state index in [1.54, 1.807) is 38.2 Å². The summed E-state index contributed by atoms with van der Waals surface area (Å²) < 4.78 is 10.5. The van der Waals surface area contributed by atoms with E-state index in [2.05, 4.69) is 0 Å². The Hall–Kier alpha value is -2.24. The Balaban J connectivity index is 2.91. The van der Waals surface area contributed by atoms with Crippen LogP contribution < -0.4 is 9.64 Å². The third-order valence-corrected chi connectivity index (χ3v) is 3.00. The van der Waals surface area contributed by atoms with E-state index in [1.165, 1.54) is 4.90 Å². The van der Waals surface area contributed by atoms with Crippen LogP contribution in [-0.4, -0.2) is 56.7 Å². The minimum absolute atomic E-state index is 0.00315. The zero-order valence-electron chi connectivity index (χ0n) is 14.8. The topological polar surface area (TPSA) is 59.1 Å². The van der Waals surface area contributed by atoms with Crippen LogP contribution in [0, 0.1) is 0 Å². The van der Waals surface area contributed by atoms with Gasteiger partial charge in [0.1, 0.15) is 17.9 Å². The van der Waals surface area contributed by atoms with Crippen LogP contribution in [0.15, 0.2) is 24.3 Å². The van der Waals surface area contributed by atoms with Gasteiger partial charge >= 0.3 is 5.97 Å². The lowest BCUT2D eigenvalue weighted by Gasteiger charge is -2.27. The number of carbonyl (C=O) groups excluding carboxylic acids is 2. The average molecular weight is 322 g/mol. The van der Waals surface area contributed by atoms with Crippen molar-refractivity contribution < 1.29 is 19.1 Å². The van der Waals surface area contributed by atoms with Gasteiger partial charge in [-0.2, -0.15) is 0 Å². The summed E-state index contributed by atoms with van der Waals surface area (Å²) in [6, 6.07) is 7.20. The summed E-state index contributed by atoms with van der Waals surface area (Å²) >= 11 is 0. The van der Waals surface area contributed by atoms with Crippen molar-refractivity contribution in [2.75, 3.05) is 39.2 Å². The van der Waals surface area contributed by atoms with Gasteiger partial charge in [-0.1, -0.05) is 0 Å². The number of ether oxygens (including phenoxy) is 2. The highest BCUT2D eigenvalue weighted by molar-refractivity contribution is 5.84. The maximum atomic E-state index is 12.1. The van der Waals surface area contributed by atoms with Gasteiger partial charge in [0.25, 0.3) is 0 Å². The highest BCUT2D eigenvalue weighted by Gasteiger charge is 2.21. The Morgan fingerprint density at radius 1 is 1.04 bits per heavy atom. The Bertz CT molecular complexity index is 533. The number of esters is 1. The summed E-state index contributed by atoms with van der Waals surface area (Å²) in [7, 11) is 4.95. The number of likely N-dealkylation sites (N-methyl/N-ethyl adjacent to an activating group) is 1. The molecule has 0 radical (unpaired) electrons. The molecule has 1 aromatic rings. The zero-order valence-corrected chi connectivity index (χ0v) is 14.8.